The van der Waals surface area contributed by atoms with Crippen molar-refractivity contribution in [1.29, 1.82) is 0 Å². The lowest BCUT2D eigenvalue weighted by Gasteiger charge is -2.18. The van der Waals surface area contributed by atoms with Gasteiger partial charge in [0, 0.05) is 11.4 Å². The fourth-order valence-corrected chi connectivity index (χ4v) is 3.08. The molecular formula is C15H17N3OS. The molecule has 0 spiro atoms. The van der Waals surface area contributed by atoms with Crippen LogP contribution in [0.3, 0.4) is 0 Å². The summed E-state index contributed by atoms with van der Waals surface area (Å²) in [5.74, 6) is 0.00196. The lowest BCUT2D eigenvalue weighted by molar-refractivity contribution is -0.125. The molecule has 1 aromatic heterocycles. The van der Waals surface area contributed by atoms with Crippen LogP contribution in [0, 0.1) is 5.92 Å². The minimum atomic E-state index is -0.0858. The highest BCUT2D eigenvalue weighted by Crippen LogP contribution is 2.24. The Morgan fingerprint density at radius 1 is 1.25 bits per heavy atom. The second kappa shape index (κ2) is 6.17. The average molecular weight is 287 g/mol. The zero-order valence-corrected chi connectivity index (χ0v) is 11.8. The van der Waals surface area contributed by atoms with Crippen LogP contribution >= 0.6 is 11.3 Å². The van der Waals surface area contributed by atoms with Crippen LogP contribution in [0.2, 0.25) is 0 Å². The van der Waals surface area contributed by atoms with Crippen LogP contribution in [-0.4, -0.2) is 12.5 Å². The molecular weight excluding hydrogens is 270 g/mol. The van der Waals surface area contributed by atoms with E-state index in [2.05, 4.69) is 16.2 Å². The van der Waals surface area contributed by atoms with Crippen molar-refractivity contribution < 1.29 is 4.79 Å². The lowest BCUT2D eigenvalue weighted by Crippen LogP contribution is -2.34. The summed E-state index contributed by atoms with van der Waals surface area (Å²) in [5.41, 5.74) is 7.41. The summed E-state index contributed by atoms with van der Waals surface area (Å²) in [4.78, 5) is 13.5. The van der Waals surface area contributed by atoms with Gasteiger partial charge in [0.1, 0.15) is 0 Å². The largest absolute Gasteiger partial charge is 0.351 e. The van der Waals surface area contributed by atoms with Crippen LogP contribution < -0.4 is 16.2 Å². The second-order valence-corrected chi connectivity index (χ2v) is 5.85. The van der Waals surface area contributed by atoms with Crippen LogP contribution in [0.4, 0.5) is 0 Å². The maximum Gasteiger partial charge on any atom is 0.226 e. The van der Waals surface area contributed by atoms with Crippen molar-refractivity contribution >= 4 is 17.2 Å². The normalized spacial score (nSPS) is 21.8. The maximum atomic E-state index is 12.3. The van der Waals surface area contributed by atoms with Gasteiger partial charge in [0.15, 0.2) is 0 Å². The van der Waals surface area contributed by atoms with Crippen LogP contribution in [0.5, 0.6) is 0 Å². The smallest absolute Gasteiger partial charge is 0.226 e. The number of hydrazine groups is 1. The molecule has 1 aromatic carbocycles. The van der Waals surface area contributed by atoms with Crippen molar-refractivity contribution in [3.63, 3.8) is 0 Å². The number of thiophene rings is 1. The number of hydrogen-bond acceptors (Lipinski definition) is 4. The van der Waals surface area contributed by atoms with Gasteiger partial charge in [0.2, 0.25) is 5.91 Å². The summed E-state index contributed by atoms with van der Waals surface area (Å²) in [5, 5.41) is 5.04. The fourth-order valence-electron chi connectivity index (χ4n) is 2.44. The third-order valence-electron chi connectivity index (χ3n) is 3.49. The van der Waals surface area contributed by atoms with E-state index in [9.17, 15) is 4.79 Å². The monoisotopic (exact) mass is 287 g/mol. The Labute approximate surface area is 122 Å². The fraction of sp³-hybridized carbons (Fsp3) is 0.267. The minimum Gasteiger partial charge on any atom is -0.351 e. The van der Waals surface area contributed by atoms with Crippen LogP contribution in [0.25, 0.3) is 0 Å². The summed E-state index contributed by atoms with van der Waals surface area (Å²) < 4.78 is 0. The van der Waals surface area contributed by atoms with Gasteiger partial charge in [-0.05, 0) is 17.0 Å². The van der Waals surface area contributed by atoms with Gasteiger partial charge in [0.05, 0.1) is 18.5 Å². The van der Waals surface area contributed by atoms with Crippen molar-refractivity contribution in [1.82, 2.24) is 16.2 Å². The molecule has 0 aliphatic carbocycles. The Balaban J connectivity index is 1.64. The Morgan fingerprint density at radius 2 is 2.10 bits per heavy atom. The average Bonchev–Trinajstić information content (AvgIpc) is 3.17. The SMILES string of the molecule is O=C(NCc1cccs1)C1CNNC1c1ccccc1. The highest BCUT2D eigenvalue weighted by Gasteiger charge is 2.33. The number of rotatable bonds is 4. The van der Waals surface area contributed by atoms with Crippen LogP contribution in [0.1, 0.15) is 16.5 Å². The van der Waals surface area contributed by atoms with Crippen molar-refractivity contribution in [3.8, 4) is 0 Å². The molecule has 2 atom stereocenters. The molecule has 3 N–H and O–H groups in total. The van der Waals surface area contributed by atoms with Gasteiger partial charge in [-0.3, -0.25) is 10.2 Å². The summed E-state index contributed by atoms with van der Waals surface area (Å²) in [6.45, 7) is 1.25. The van der Waals surface area contributed by atoms with Gasteiger partial charge in [0.25, 0.3) is 0 Å². The van der Waals surface area contributed by atoms with E-state index >= 15 is 0 Å². The van der Waals surface area contributed by atoms with Gasteiger partial charge >= 0.3 is 0 Å². The molecule has 1 aliphatic heterocycles. The highest BCUT2D eigenvalue weighted by atomic mass is 32.1. The zero-order chi connectivity index (χ0) is 13.8. The molecule has 2 heterocycles. The van der Waals surface area contributed by atoms with E-state index < -0.39 is 0 Å². The quantitative estimate of drug-likeness (QED) is 0.804. The number of amides is 1. The van der Waals surface area contributed by atoms with Crippen LogP contribution in [0.15, 0.2) is 47.8 Å². The first-order valence-electron chi connectivity index (χ1n) is 6.68. The molecule has 0 radical (unpaired) electrons. The molecule has 20 heavy (non-hydrogen) atoms. The molecule has 0 bridgehead atoms. The number of hydrogen-bond donors (Lipinski definition) is 3. The topological polar surface area (TPSA) is 53.2 Å². The zero-order valence-electron chi connectivity index (χ0n) is 11.0. The molecule has 1 saturated heterocycles. The van der Waals surface area contributed by atoms with Gasteiger partial charge < -0.3 is 5.32 Å². The first-order chi connectivity index (χ1) is 9.84. The molecule has 2 aromatic rings. The van der Waals surface area contributed by atoms with E-state index in [4.69, 9.17) is 0 Å². The maximum absolute atomic E-state index is 12.3. The standard InChI is InChI=1S/C15H17N3OS/c19-15(16-9-12-7-4-8-20-12)13-10-17-18-14(13)11-5-2-1-3-6-11/h1-8,13-14,17-18H,9-10H2,(H,16,19). The molecule has 1 amide bonds. The van der Waals surface area contributed by atoms with E-state index in [-0.39, 0.29) is 17.9 Å². The molecule has 2 unspecified atom stereocenters. The first-order valence-corrected chi connectivity index (χ1v) is 7.56. The molecule has 1 aliphatic rings. The summed E-state index contributed by atoms with van der Waals surface area (Å²) in [7, 11) is 0. The molecule has 0 saturated carbocycles. The van der Waals surface area contributed by atoms with E-state index in [1.54, 1.807) is 11.3 Å². The third kappa shape index (κ3) is 2.90. The number of benzene rings is 1. The molecule has 4 nitrogen and oxygen atoms in total. The van der Waals surface area contributed by atoms with Crippen molar-refractivity contribution in [2.75, 3.05) is 6.54 Å². The number of carbonyl (C=O) groups excluding carboxylic acids is 1. The minimum absolute atomic E-state index is 0.0273. The van der Waals surface area contributed by atoms with Gasteiger partial charge in [-0.2, -0.15) is 0 Å². The van der Waals surface area contributed by atoms with E-state index in [1.165, 1.54) is 4.88 Å². The Hall–Kier alpha value is -1.69. The molecule has 5 heteroatoms. The van der Waals surface area contributed by atoms with Gasteiger partial charge in [-0.1, -0.05) is 36.4 Å². The van der Waals surface area contributed by atoms with Crippen molar-refractivity contribution in [2.45, 2.75) is 12.6 Å². The second-order valence-electron chi connectivity index (χ2n) is 4.82. The summed E-state index contributed by atoms with van der Waals surface area (Å²) in [6, 6.07) is 14.1. The Morgan fingerprint density at radius 3 is 2.85 bits per heavy atom. The Bertz CT molecular complexity index is 556. The van der Waals surface area contributed by atoms with E-state index in [0.29, 0.717) is 13.1 Å². The summed E-state index contributed by atoms with van der Waals surface area (Å²) in [6.07, 6.45) is 0. The number of carbonyl (C=O) groups is 1. The Kier molecular flexibility index (Phi) is 4.11. The third-order valence-corrected chi connectivity index (χ3v) is 4.37. The van der Waals surface area contributed by atoms with Crippen LogP contribution in [-0.2, 0) is 11.3 Å². The van der Waals surface area contributed by atoms with Crippen molar-refractivity contribution in [2.24, 2.45) is 5.92 Å². The first kappa shape index (κ1) is 13.3. The van der Waals surface area contributed by atoms with E-state index in [1.807, 2.05) is 47.8 Å². The molecule has 3 rings (SSSR count). The summed E-state index contributed by atoms with van der Waals surface area (Å²) >= 11 is 1.66. The van der Waals surface area contributed by atoms with Gasteiger partial charge in [-0.15, -0.1) is 11.3 Å². The molecule has 104 valence electrons. The van der Waals surface area contributed by atoms with E-state index in [0.717, 1.165) is 5.56 Å². The predicted molar refractivity (Wildman–Crippen MR) is 80.0 cm³/mol. The molecule has 1 fully saturated rings. The highest BCUT2D eigenvalue weighted by molar-refractivity contribution is 7.09. The lowest BCUT2D eigenvalue weighted by atomic mass is 9.94. The predicted octanol–water partition coefficient (Wildman–Crippen LogP) is 1.83. The van der Waals surface area contributed by atoms with Crippen molar-refractivity contribution in [3.05, 3.63) is 58.3 Å². The van der Waals surface area contributed by atoms with Gasteiger partial charge in [-0.25, -0.2) is 5.43 Å². The number of nitrogens with one attached hydrogen (secondary N) is 3.